The molecule has 1 aromatic carbocycles. The van der Waals surface area contributed by atoms with Crippen LogP contribution in [0.1, 0.15) is 5.56 Å². The summed E-state index contributed by atoms with van der Waals surface area (Å²) < 4.78 is 0. The van der Waals surface area contributed by atoms with Crippen LogP contribution in [0.4, 0.5) is 0 Å². The summed E-state index contributed by atoms with van der Waals surface area (Å²) in [5.41, 5.74) is 0.847. The zero-order valence-corrected chi connectivity index (χ0v) is 4.78. The number of hydrogen-bond acceptors (Lipinski definition) is 2. The highest BCUT2D eigenvalue weighted by molar-refractivity contribution is 5.78. The average Bonchev–Trinajstić information content (AvgIpc) is 1.91. The van der Waals surface area contributed by atoms with Crippen LogP contribution < -0.4 is 0 Å². The number of benzene rings is 1. The Labute approximate surface area is 53.4 Å². The maximum atomic E-state index is 8.08. The van der Waals surface area contributed by atoms with Crippen molar-refractivity contribution in [3.8, 4) is 0 Å². The van der Waals surface area contributed by atoms with E-state index in [1.165, 1.54) is 6.21 Å². The maximum absolute atomic E-state index is 8.08. The maximum Gasteiger partial charge on any atom is 0.0734 e. The van der Waals surface area contributed by atoms with Gasteiger partial charge in [0.2, 0.25) is 0 Å². The normalized spacial score (nSPS) is 10.2. The molecule has 0 heterocycles. The van der Waals surface area contributed by atoms with E-state index in [1.807, 2.05) is 12.1 Å². The van der Waals surface area contributed by atoms with E-state index in [4.69, 9.17) is 5.21 Å². The predicted molar refractivity (Wildman–Crippen MR) is 34.7 cm³/mol. The molecule has 0 unspecified atom stereocenters. The average molecular weight is 120 g/mol. The van der Waals surface area contributed by atoms with Gasteiger partial charge in [0.25, 0.3) is 0 Å². The molecule has 2 heteroatoms. The van der Waals surface area contributed by atoms with Gasteiger partial charge < -0.3 is 5.21 Å². The highest BCUT2D eigenvalue weighted by Crippen LogP contribution is 1.91. The van der Waals surface area contributed by atoms with E-state index in [0.717, 1.165) is 5.56 Å². The summed E-state index contributed by atoms with van der Waals surface area (Å²) in [4.78, 5) is 0. The SMILES string of the molecule is O/N=C/c1c[c]ccc1. The van der Waals surface area contributed by atoms with Crippen LogP contribution in [-0.4, -0.2) is 11.4 Å². The highest BCUT2D eigenvalue weighted by atomic mass is 16.4. The molecule has 45 valence electrons. The third-order valence-corrected chi connectivity index (χ3v) is 0.938. The van der Waals surface area contributed by atoms with Gasteiger partial charge in [0, 0.05) is 0 Å². The standard InChI is InChI=1S/C7H6NO/c9-8-6-7-4-2-1-3-5-7/h1-2,4-6,9H/b8-6+. The summed E-state index contributed by atoms with van der Waals surface area (Å²) in [6, 6.07) is 10.0. The molecule has 1 aromatic rings. The van der Waals surface area contributed by atoms with Crippen molar-refractivity contribution in [3.05, 3.63) is 35.9 Å². The van der Waals surface area contributed by atoms with E-state index in [1.54, 1.807) is 12.1 Å². The highest BCUT2D eigenvalue weighted by Gasteiger charge is 1.80. The zero-order valence-electron chi connectivity index (χ0n) is 4.78. The van der Waals surface area contributed by atoms with Gasteiger partial charge >= 0.3 is 0 Å². The lowest BCUT2D eigenvalue weighted by Gasteiger charge is -1.84. The lowest BCUT2D eigenvalue weighted by molar-refractivity contribution is 0.322. The van der Waals surface area contributed by atoms with E-state index in [0.29, 0.717) is 0 Å². The van der Waals surface area contributed by atoms with Crippen LogP contribution in [0.3, 0.4) is 0 Å². The van der Waals surface area contributed by atoms with Crippen molar-refractivity contribution < 1.29 is 5.21 Å². The van der Waals surface area contributed by atoms with E-state index in [9.17, 15) is 0 Å². The third-order valence-electron chi connectivity index (χ3n) is 0.938. The Morgan fingerprint density at radius 3 is 3.11 bits per heavy atom. The molecule has 0 aliphatic heterocycles. The number of nitrogens with zero attached hydrogens (tertiary/aromatic N) is 1. The number of oxime groups is 1. The summed E-state index contributed by atoms with van der Waals surface area (Å²) in [5, 5.41) is 10.9. The molecule has 0 saturated heterocycles. The summed E-state index contributed by atoms with van der Waals surface area (Å²) >= 11 is 0. The van der Waals surface area contributed by atoms with E-state index in [2.05, 4.69) is 11.2 Å². The van der Waals surface area contributed by atoms with Gasteiger partial charge in [-0.1, -0.05) is 23.4 Å². The second-order valence-corrected chi connectivity index (χ2v) is 1.58. The molecular weight excluding hydrogens is 114 g/mol. The fourth-order valence-corrected chi connectivity index (χ4v) is 0.554. The Hall–Kier alpha value is -1.31. The topological polar surface area (TPSA) is 32.6 Å². The van der Waals surface area contributed by atoms with Crippen LogP contribution in [0.25, 0.3) is 0 Å². The fourth-order valence-electron chi connectivity index (χ4n) is 0.554. The summed E-state index contributed by atoms with van der Waals surface area (Å²) in [6.07, 6.45) is 1.36. The van der Waals surface area contributed by atoms with Crippen LogP contribution in [0.15, 0.2) is 29.4 Å². The van der Waals surface area contributed by atoms with E-state index < -0.39 is 0 Å². The second-order valence-electron chi connectivity index (χ2n) is 1.58. The van der Waals surface area contributed by atoms with Crippen LogP contribution in [-0.2, 0) is 0 Å². The van der Waals surface area contributed by atoms with Crippen LogP contribution in [0, 0.1) is 6.07 Å². The minimum absolute atomic E-state index is 0.847. The summed E-state index contributed by atoms with van der Waals surface area (Å²) in [5.74, 6) is 0. The van der Waals surface area contributed by atoms with Gasteiger partial charge in [0.05, 0.1) is 6.21 Å². The molecule has 0 fully saturated rings. The number of rotatable bonds is 1. The molecule has 0 aromatic heterocycles. The minimum atomic E-state index is 0.847. The lowest BCUT2D eigenvalue weighted by Crippen LogP contribution is -1.76. The molecule has 0 amide bonds. The minimum Gasteiger partial charge on any atom is -0.411 e. The second kappa shape index (κ2) is 2.87. The van der Waals surface area contributed by atoms with Crippen molar-refractivity contribution in [2.75, 3.05) is 0 Å². The van der Waals surface area contributed by atoms with Gasteiger partial charge in [-0.25, -0.2) is 0 Å². The van der Waals surface area contributed by atoms with Gasteiger partial charge in [-0.05, 0) is 17.7 Å². The van der Waals surface area contributed by atoms with Gasteiger partial charge in [0.15, 0.2) is 0 Å². The first-order chi connectivity index (χ1) is 4.43. The molecule has 0 aliphatic rings. The number of hydrogen-bond donors (Lipinski definition) is 1. The predicted octanol–water partition coefficient (Wildman–Crippen LogP) is 1.29. The van der Waals surface area contributed by atoms with Crippen LogP contribution >= 0.6 is 0 Å². The van der Waals surface area contributed by atoms with E-state index in [-0.39, 0.29) is 0 Å². The van der Waals surface area contributed by atoms with Crippen molar-refractivity contribution in [1.29, 1.82) is 0 Å². The van der Waals surface area contributed by atoms with Crippen LogP contribution in [0.2, 0.25) is 0 Å². The van der Waals surface area contributed by atoms with Gasteiger partial charge in [0.1, 0.15) is 0 Å². The third kappa shape index (κ3) is 1.57. The Morgan fingerprint density at radius 1 is 1.67 bits per heavy atom. The van der Waals surface area contributed by atoms with E-state index >= 15 is 0 Å². The van der Waals surface area contributed by atoms with Gasteiger partial charge in [-0.3, -0.25) is 0 Å². The van der Waals surface area contributed by atoms with Crippen molar-refractivity contribution in [1.82, 2.24) is 0 Å². The largest absolute Gasteiger partial charge is 0.411 e. The Kier molecular flexibility index (Phi) is 1.85. The molecule has 9 heavy (non-hydrogen) atoms. The van der Waals surface area contributed by atoms with Crippen molar-refractivity contribution in [2.45, 2.75) is 0 Å². The quantitative estimate of drug-likeness (QED) is 0.338. The molecule has 0 spiro atoms. The van der Waals surface area contributed by atoms with Gasteiger partial charge in [-0.15, -0.1) is 0 Å². The smallest absolute Gasteiger partial charge is 0.0734 e. The van der Waals surface area contributed by atoms with Crippen molar-refractivity contribution >= 4 is 6.21 Å². The molecule has 1 N–H and O–H groups in total. The van der Waals surface area contributed by atoms with Crippen LogP contribution in [0.5, 0.6) is 0 Å². The summed E-state index contributed by atoms with van der Waals surface area (Å²) in [6.45, 7) is 0. The zero-order chi connectivity index (χ0) is 6.53. The Balaban J connectivity index is 2.85. The molecule has 1 radical (unpaired) electrons. The molecule has 0 bridgehead atoms. The monoisotopic (exact) mass is 120 g/mol. The van der Waals surface area contributed by atoms with Crippen molar-refractivity contribution in [3.63, 3.8) is 0 Å². The molecule has 2 nitrogen and oxygen atoms in total. The van der Waals surface area contributed by atoms with Crippen molar-refractivity contribution in [2.24, 2.45) is 5.16 Å². The Bertz CT molecular complexity index is 193. The molecule has 0 saturated carbocycles. The molecule has 1 rings (SSSR count). The molecule has 0 atom stereocenters. The fraction of sp³-hybridized carbons (Fsp3) is 0. The van der Waals surface area contributed by atoms with Gasteiger partial charge in [-0.2, -0.15) is 0 Å². The molecule has 0 aliphatic carbocycles. The first-order valence-corrected chi connectivity index (χ1v) is 2.57. The lowest BCUT2D eigenvalue weighted by atomic mass is 10.2. The molecular formula is C7H6NO. The first kappa shape index (κ1) is 5.82. The Morgan fingerprint density at radius 2 is 2.56 bits per heavy atom. The summed E-state index contributed by atoms with van der Waals surface area (Å²) in [7, 11) is 0. The first-order valence-electron chi connectivity index (χ1n) is 2.57.